The Bertz CT molecular complexity index is 458. The summed E-state index contributed by atoms with van der Waals surface area (Å²) in [4.78, 5) is 24.1. The molecule has 0 fully saturated rings. The fraction of sp³-hybridized carbons (Fsp3) is 0.417. The molecule has 0 aliphatic carbocycles. The Balaban J connectivity index is 2.80. The minimum Gasteiger partial charge on any atom is -0.351 e. The Hall–Kier alpha value is -1.95. The Morgan fingerprint density at radius 1 is 1.44 bits per heavy atom. The van der Waals surface area contributed by atoms with Crippen LogP contribution in [0.4, 0.5) is 5.69 Å². The van der Waals surface area contributed by atoms with Crippen LogP contribution in [0.3, 0.4) is 0 Å². The molecule has 0 aromatic heterocycles. The maximum absolute atomic E-state index is 11.9. The van der Waals surface area contributed by atoms with E-state index in [0.29, 0.717) is 17.7 Å². The minimum atomic E-state index is -0.480. The Kier molecular flexibility index (Phi) is 4.79. The van der Waals surface area contributed by atoms with Crippen LogP contribution in [0.5, 0.6) is 0 Å². The van der Waals surface area contributed by atoms with Gasteiger partial charge in [0, 0.05) is 30.3 Å². The second-order valence-electron chi connectivity index (χ2n) is 4.27. The van der Waals surface area contributed by atoms with Gasteiger partial charge in [-0.15, -0.1) is 0 Å². The first-order valence-corrected chi connectivity index (χ1v) is 5.60. The number of amides is 1. The average Bonchev–Trinajstić information content (AvgIpc) is 2.28. The van der Waals surface area contributed by atoms with Crippen molar-refractivity contribution < 1.29 is 9.72 Å². The highest BCUT2D eigenvalue weighted by atomic mass is 16.6. The van der Waals surface area contributed by atoms with E-state index in [1.165, 1.54) is 12.1 Å². The second kappa shape index (κ2) is 6.11. The molecule has 0 atom stereocenters. The van der Waals surface area contributed by atoms with E-state index in [1.807, 2.05) is 19.0 Å². The van der Waals surface area contributed by atoms with Gasteiger partial charge in [0.25, 0.3) is 11.6 Å². The standard InChI is InChI=1S/C12H17N3O3/c1-9-10(5-4-6-11(9)15(17)18)12(16)13-7-8-14(2)3/h4-6H,7-8H2,1-3H3,(H,13,16). The highest BCUT2D eigenvalue weighted by Crippen LogP contribution is 2.20. The number of benzene rings is 1. The molecule has 98 valence electrons. The van der Waals surface area contributed by atoms with Gasteiger partial charge in [0.15, 0.2) is 0 Å². The summed E-state index contributed by atoms with van der Waals surface area (Å²) in [5.41, 5.74) is 0.711. The molecule has 6 nitrogen and oxygen atoms in total. The molecule has 1 N–H and O–H groups in total. The molecule has 0 heterocycles. The van der Waals surface area contributed by atoms with Gasteiger partial charge in [-0.3, -0.25) is 14.9 Å². The van der Waals surface area contributed by atoms with Gasteiger partial charge in [-0.05, 0) is 27.1 Å². The number of carbonyl (C=O) groups excluding carboxylic acids is 1. The van der Waals surface area contributed by atoms with Crippen molar-refractivity contribution in [2.45, 2.75) is 6.92 Å². The molecule has 1 aromatic carbocycles. The van der Waals surface area contributed by atoms with Crippen molar-refractivity contribution in [3.8, 4) is 0 Å². The van der Waals surface area contributed by atoms with Crippen molar-refractivity contribution in [3.63, 3.8) is 0 Å². The van der Waals surface area contributed by atoms with Crippen LogP contribution in [0.2, 0.25) is 0 Å². The van der Waals surface area contributed by atoms with Crippen LogP contribution in [-0.4, -0.2) is 42.9 Å². The van der Waals surface area contributed by atoms with E-state index >= 15 is 0 Å². The zero-order chi connectivity index (χ0) is 13.7. The first kappa shape index (κ1) is 14.1. The summed E-state index contributed by atoms with van der Waals surface area (Å²) in [5.74, 6) is -0.280. The molecule has 6 heteroatoms. The first-order valence-electron chi connectivity index (χ1n) is 5.60. The fourth-order valence-corrected chi connectivity index (χ4v) is 1.56. The lowest BCUT2D eigenvalue weighted by atomic mass is 10.1. The number of likely N-dealkylation sites (N-methyl/N-ethyl adjacent to an activating group) is 1. The third-order valence-corrected chi connectivity index (χ3v) is 2.59. The van der Waals surface area contributed by atoms with E-state index in [4.69, 9.17) is 0 Å². The molecule has 0 saturated heterocycles. The number of nitrogens with one attached hydrogen (secondary N) is 1. The van der Waals surface area contributed by atoms with Gasteiger partial charge in [-0.25, -0.2) is 0 Å². The average molecular weight is 251 g/mol. The van der Waals surface area contributed by atoms with Gasteiger partial charge in [0.05, 0.1) is 4.92 Å². The van der Waals surface area contributed by atoms with Crippen molar-refractivity contribution in [1.82, 2.24) is 10.2 Å². The molecule has 0 bridgehead atoms. The van der Waals surface area contributed by atoms with Crippen LogP contribution in [-0.2, 0) is 0 Å². The summed E-state index contributed by atoms with van der Waals surface area (Å²) < 4.78 is 0. The summed E-state index contributed by atoms with van der Waals surface area (Å²) in [6.45, 7) is 2.81. The maximum atomic E-state index is 11.9. The first-order chi connectivity index (χ1) is 8.43. The number of rotatable bonds is 5. The summed E-state index contributed by atoms with van der Waals surface area (Å²) in [7, 11) is 3.82. The molecule has 0 aliphatic rings. The van der Waals surface area contributed by atoms with Gasteiger partial charge in [0.2, 0.25) is 0 Å². The van der Waals surface area contributed by atoms with Gasteiger partial charge < -0.3 is 10.2 Å². The molecule has 1 amide bonds. The molecule has 1 aromatic rings. The predicted molar refractivity (Wildman–Crippen MR) is 68.7 cm³/mol. The lowest BCUT2D eigenvalue weighted by molar-refractivity contribution is -0.385. The van der Waals surface area contributed by atoms with Crippen LogP contribution in [0.15, 0.2) is 18.2 Å². The van der Waals surface area contributed by atoms with E-state index in [0.717, 1.165) is 6.54 Å². The van der Waals surface area contributed by atoms with Crippen LogP contribution in [0.25, 0.3) is 0 Å². The van der Waals surface area contributed by atoms with E-state index < -0.39 is 4.92 Å². The normalized spacial score (nSPS) is 10.4. The van der Waals surface area contributed by atoms with Crippen molar-refractivity contribution in [3.05, 3.63) is 39.4 Å². The number of nitro benzene ring substituents is 1. The van der Waals surface area contributed by atoms with E-state index in [1.54, 1.807) is 13.0 Å². The minimum absolute atomic E-state index is 0.0322. The largest absolute Gasteiger partial charge is 0.351 e. The third kappa shape index (κ3) is 3.53. The summed E-state index contributed by atoms with van der Waals surface area (Å²) in [6, 6.07) is 4.51. The number of carbonyl (C=O) groups is 1. The zero-order valence-corrected chi connectivity index (χ0v) is 10.8. The van der Waals surface area contributed by atoms with Gasteiger partial charge in [0.1, 0.15) is 0 Å². The zero-order valence-electron chi connectivity index (χ0n) is 10.8. The van der Waals surface area contributed by atoms with E-state index in [-0.39, 0.29) is 11.6 Å². The molecule has 0 spiro atoms. The van der Waals surface area contributed by atoms with Gasteiger partial charge in [-0.2, -0.15) is 0 Å². The molecule has 0 radical (unpaired) electrons. The van der Waals surface area contributed by atoms with E-state index in [2.05, 4.69) is 5.32 Å². The number of hydrogen-bond acceptors (Lipinski definition) is 4. The Labute approximate surface area is 106 Å². The lowest BCUT2D eigenvalue weighted by Crippen LogP contribution is -2.31. The van der Waals surface area contributed by atoms with Crippen LogP contribution >= 0.6 is 0 Å². The molecular weight excluding hydrogens is 234 g/mol. The summed E-state index contributed by atoms with van der Waals surface area (Å²) in [5, 5.41) is 13.5. The van der Waals surface area contributed by atoms with Crippen LogP contribution < -0.4 is 5.32 Å². The van der Waals surface area contributed by atoms with Crippen molar-refractivity contribution >= 4 is 11.6 Å². The number of nitro groups is 1. The van der Waals surface area contributed by atoms with Gasteiger partial charge in [-0.1, -0.05) is 6.07 Å². The van der Waals surface area contributed by atoms with Crippen LogP contribution in [0, 0.1) is 17.0 Å². The Morgan fingerprint density at radius 3 is 2.67 bits per heavy atom. The molecule has 0 saturated carbocycles. The fourth-order valence-electron chi connectivity index (χ4n) is 1.56. The molecule has 1 rings (SSSR count). The molecular formula is C12H17N3O3. The predicted octanol–water partition coefficient (Wildman–Crippen LogP) is 1.19. The molecule has 0 unspecified atom stereocenters. The quantitative estimate of drug-likeness (QED) is 0.630. The third-order valence-electron chi connectivity index (χ3n) is 2.59. The highest BCUT2D eigenvalue weighted by Gasteiger charge is 2.17. The highest BCUT2D eigenvalue weighted by molar-refractivity contribution is 5.96. The maximum Gasteiger partial charge on any atom is 0.273 e. The number of hydrogen-bond donors (Lipinski definition) is 1. The van der Waals surface area contributed by atoms with E-state index in [9.17, 15) is 14.9 Å². The van der Waals surface area contributed by atoms with Crippen molar-refractivity contribution in [1.29, 1.82) is 0 Å². The summed E-state index contributed by atoms with van der Waals surface area (Å²) >= 11 is 0. The van der Waals surface area contributed by atoms with Gasteiger partial charge >= 0.3 is 0 Å². The molecule has 0 aliphatic heterocycles. The second-order valence-corrected chi connectivity index (χ2v) is 4.27. The monoisotopic (exact) mass is 251 g/mol. The smallest absolute Gasteiger partial charge is 0.273 e. The van der Waals surface area contributed by atoms with Crippen LogP contribution in [0.1, 0.15) is 15.9 Å². The Morgan fingerprint density at radius 2 is 2.11 bits per heavy atom. The SMILES string of the molecule is Cc1c(C(=O)NCCN(C)C)cccc1[N+](=O)[O-]. The molecule has 18 heavy (non-hydrogen) atoms. The topological polar surface area (TPSA) is 75.5 Å². The lowest BCUT2D eigenvalue weighted by Gasteiger charge is -2.11. The summed E-state index contributed by atoms with van der Waals surface area (Å²) in [6.07, 6.45) is 0. The number of nitrogens with zero attached hydrogens (tertiary/aromatic N) is 2. The van der Waals surface area contributed by atoms with Crippen molar-refractivity contribution in [2.24, 2.45) is 0 Å². The van der Waals surface area contributed by atoms with Crippen molar-refractivity contribution in [2.75, 3.05) is 27.2 Å².